The van der Waals surface area contributed by atoms with Crippen LogP contribution in [0.3, 0.4) is 0 Å². The Morgan fingerprint density at radius 2 is 2.00 bits per heavy atom. The number of hydrogen-bond acceptors (Lipinski definition) is 4. The van der Waals surface area contributed by atoms with Crippen LogP contribution in [-0.4, -0.2) is 38.0 Å². The fourth-order valence-corrected chi connectivity index (χ4v) is 3.01. The Kier molecular flexibility index (Phi) is 4.80. The molecule has 3 heterocycles. The van der Waals surface area contributed by atoms with Crippen molar-refractivity contribution in [3.8, 4) is 0 Å². The standard InChI is InChI=1S/C17H23N5O2/c1-20-10-7-18-15(20)12-22-8-5-13(6-9-22)17(24)19-14-3-4-16(23)21(2)11-14/h3-4,7,10-11,13H,5-6,8-9,12H2,1-2H3,(H,19,24). The Balaban J connectivity index is 1.52. The molecule has 0 saturated carbocycles. The van der Waals surface area contributed by atoms with Gasteiger partial charge in [-0.1, -0.05) is 0 Å². The van der Waals surface area contributed by atoms with Gasteiger partial charge in [-0.3, -0.25) is 14.5 Å². The smallest absolute Gasteiger partial charge is 0.250 e. The molecule has 0 aliphatic carbocycles. The van der Waals surface area contributed by atoms with E-state index in [1.165, 1.54) is 10.6 Å². The van der Waals surface area contributed by atoms with E-state index in [1.807, 2.05) is 24.0 Å². The van der Waals surface area contributed by atoms with E-state index < -0.39 is 0 Å². The number of pyridine rings is 1. The van der Waals surface area contributed by atoms with Crippen LogP contribution < -0.4 is 10.9 Å². The number of piperidine rings is 1. The Morgan fingerprint density at radius 3 is 2.62 bits per heavy atom. The van der Waals surface area contributed by atoms with Crippen molar-refractivity contribution in [2.24, 2.45) is 20.0 Å². The largest absolute Gasteiger partial charge is 0.337 e. The molecular weight excluding hydrogens is 306 g/mol. The van der Waals surface area contributed by atoms with Crippen LogP contribution >= 0.6 is 0 Å². The fourth-order valence-electron chi connectivity index (χ4n) is 3.01. The third kappa shape index (κ3) is 3.73. The number of aromatic nitrogens is 3. The molecule has 1 aliphatic rings. The number of likely N-dealkylation sites (tertiary alicyclic amines) is 1. The maximum absolute atomic E-state index is 12.4. The molecule has 0 atom stereocenters. The van der Waals surface area contributed by atoms with Gasteiger partial charge in [0, 0.05) is 44.7 Å². The Hall–Kier alpha value is -2.41. The summed E-state index contributed by atoms with van der Waals surface area (Å²) in [5.74, 6) is 1.09. The topological polar surface area (TPSA) is 72.2 Å². The molecule has 0 spiro atoms. The van der Waals surface area contributed by atoms with Crippen LogP contribution in [0.2, 0.25) is 0 Å². The number of aryl methyl sites for hydroxylation is 2. The Bertz CT molecular complexity index is 771. The minimum absolute atomic E-state index is 0.0138. The highest BCUT2D eigenvalue weighted by atomic mass is 16.2. The molecule has 0 bridgehead atoms. The molecule has 1 N–H and O–H groups in total. The number of carbonyl (C=O) groups excluding carboxylic acids is 1. The second kappa shape index (κ2) is 7.00. The predicted octanol–water partition coefficient (Wildman–Crippen LogP) is 0.969. The van der Waals surface area contributed by atoms with E-state index >= 15 is 0 Å². The van der Waals surface area contributed by atoms with Gasteiger partial charge in [0.05, 0.1) is 12.2 Å². The first-order valence-electron chi connectivity index (χ1n) is 8.19. The summed E-state index contributed by atoms with van der Waals surface area (Å²) in [4.78, 5) is 30.5. The molecule has 0 unspecified atom stereocenters. The van der Waals surface area contributed by atoms with Crippen LogP contribution in [0.1, 0.15) is 18.7 Å². The number of rotatable bonds is 4. The molecule has 1 fully saturated rings. The zero-order valence-corrected chi connectivity index (χ0v) is 14.1. The molecule has 0 radical (unpaired) electrons. The van der Waals surface area contributed by atoms with E-state index in [9.17, 15) is 9.59 Å². The van der Waals surface area contributed by atoms with Crippen LogP contribution in [0.4, 0.5) is 5.69 Å². The summed E-state index contributed by atoms with van der Waals surface area (Å²) in [6.07, 6.45) is 7.08. The van der Waals surface area contributed by atoms with Crippen LogP contribution in [-0.2, 0) is 25.4 Å². The van der Waals surface area contributed by atoms with Gasteiger partial charge in [-0.15, -0.1) is 0 Å². The summed E-state index contributed by atoms with van der Waals surface area (Å²) >= 11 is 0. The van der Waals surface area contributed by atoms with Crippen molar-refractivity contribution in [2.45, 2.75) is 19.4 Å². The van der Waals surface area contributed by atoms with E-state index in [2.05, 4.69) is 15.2 Å². The van der Waals surface area contributed by atoms with Gasteiger partial charge in [-0.2, -0.15) is 0 Å². The minimum atomic E-state index is -0.0874. The Morgan fingerprint density at radius 1 is 1.25 bits per heavy atom. The number of nitrogens with one attached hydrogen (secondary N) is 1. The van der Waals surface area contributed by atoms with Gasteiger partial charge >= 0.3 is 0 Å². The monoisotopic (exact) mass is 329 g/mol. The van der Waals surface area contributed by atoms with Gasteiger partial charge in [-0.25, -0.2) is 4.98 Å². The first-order valence-corrected chi connectivity index (χ1v) is 8.19. The summed E-state index contributed by atoms with van der Waals surface area (Å²) in [5, 5.41) is 2.92. The van der Waals surface area contributed by atoms with Gasteiger partial charge in [0.2, 0.25) is 11.5 Å². The number of hydrogen-bond donors (Lipinski definition) is 1. The average Bonchev–Trinajstić information content (AvgIpc) is 2.97. The van der Waals surface area contributed by atoms with Crippen molar-refractivity contribution in [1.82, 2.24) is 19.0 Å². The average molecular weight is 329 g/mol. The quantitative estimate of drug-likeness (QED) is 0.907. The maximum Gasteiger partial charge on any atom is 0.250 e. The van der Waals surface area contributed by atoms with Crippen molar-refractivity contribution in [1.29, 1.82) is 0 Å². The second-order valence-electron chi connectivity index (χ2n) is 6.36. The molecule has 1 saturated heterocycles. The van der Waals surface area contributed by atoms with Crippen molar-refractivity contribution in [3.63, 3.8) is 0 Å². The van der Waals surface area contributed by atoms with E-state index in [1.54, 1.807) is 19.3 Å². The molecule has 2 aromatic heterocycles. The normalized spacial score (nSPS) is 16.2. The SMILES string of the molecule is Cn1ccnc1CN1CCC(C(=O)Nc2ccc(=O)n(C)c2)CC1. The summed E-state index contributed by atoms with van der Waals surface area (Å²) in [5.41, 5.74) is 0.577. The molecular formula is C17H23N5O2. The number of carbonyl (C=O) groups is 1. The molecule has 7 heteroatoms. The molecule has 128 valence electrons. The Labute approximate surface area is 140 Å². The lowest BCUT2D eigenvalue weighted by molar-refractivity contribution is -0.121. The highest BCUT2D eigenvalue weighted by Crippen LogP contribution is 2.20. The van der Waals surface area contributed by atoms with E-state index in [0.717, 1.165) is 38.3 Å². The van der Waals surface area contributed by atoms with Crippen LogP contribution in [0.15, 0.2) is 35.5 Å². The van der Waals surface area contributed by atoms with E-state index in [4.69, 9.17) is 0 Å². The maximum atomic E-state index is 12.4. The number of amides is 1. The van der Waals surface area contributed by atoms with Crippen LogP contribution in [0.5, 0.6) is 0 Å². The zero-order valence-electron chi connectivity index (χ0n) is 14.1. The fraction of sp³-hybridized carbons (Fsp3) is 0.471. The van der Waals surface area contributed by atoms with Crippen molar-refractivity contribution < 1.29 is 4.79 Å². The number of imidazole rings is 1. The third-order valence-electron chi connectivity index (χ3n) is 4.60. The van der Waals surface area contributed by atoms with Crippen molar-refractivity contribution in [3.05, 3.63) is 46.9 Å². The second-order valence-corrected chi connectivity index (χ2v) is 6.36. The molecule has 0 aromatic carbocycles. The van der Waals surface area contributed by atoms with E-state index in [-0.39, 0.29) is 17.4 Å². The molecule has 2 aromatic rings. The summed E-state index contributed by atoms with van der Waals surface area (Å²) in [7, 11) is 3.67. The predicted molar refractivity (Wildman–Crippen MR) is 91.5 cm³/mol. The highest BCUT2D eigenvalue weighted by molar-refractivity contribution is 5.92. The summed E-state index contributed by atoms with van der Waals surface area (Å²) in [6.45, 7) is 2.59. The first kappa shape index (κ1) is 16.4. The highest BCUT2D eigenvalue weighted by Gasteiger charge is 2.25. The molecule has 3 rings (SSSR count). The lowest BCUT2D eigenvalue weighted by Crippen LogP contribution is -2.38. The van der Waals surface area contributed by atoms with Gasteiger partial charge in [0.15, 0.2) is 0 Å². The molecule has 24 heavy (non-hydrogen) atoms. The van der Waals surface area contributed by atoms with Crippen molar-refractivity contribution >= 4 is 11.6 Å². The summed E-state index contributed by atoms with van der Waals surface area (Å²) in [6, 6.07) is 3.11. The third-order valence-corrected chi connectivity index (χ3v) is 4.60. The molecule has 7 nitrogen and oxygen atoms in total. The van der Waals surface area contributed by atoms with Gasteiger partial charge in [-0.05, 0) is 32.0 Å². The number of nitrogens with zero attached hydrogens (tertiary/aromatic N) is 4. The van der Waals surface area contributed by atoms with E-state index in [0.29, 0.717) is 5.69 Å². The van der Waals surface area contributed by atoms with Gasteiger partial charge in [0.1, 0.15) is 5.82 Å². The zero-order chi connectivity index (χ0) is 17.1. The van der Waals surface area contributed by atoms with Gasteiger partial charge in [0.25, 0.3) is 0 Å². The summed E-state index contributed by atoms with van der Waals surface area (Å²) < 4.78 is 3.49. The van der Waals surface area contributed by atoms with Crippen LogP contribution in [0.25, 0.3) is 0 Å². The van der Waals surface area contributed by atoms with Crippen molar-refractivity contribution in [2.75, 3.05) is 18.4 Å². The number of anilines is 1. The molecule has 1 amide bonds. The lowest BCUT2D eigenvalue weighted by atomic mass is 9.96. The minimum Gasteiger partial charge on any atom is -0.337 e. The van der Waals surface area contributed by atoms with Gasteiger partial charge < -0.3 is 14.5 Å². The lowest BCUT2D eigenvalue weighted by Gasteiger charge is -2.30. The van der Waals surface area contributed by atoms with Crippen LogP contribution in [0, 0.1) is 5.92 Å². The first-order chi connectivity index (χ1) is 11.5. The molecule has 1 aliphatic heterocycles.